The summed E-state index contributed by atoms with van der Waals surface area (Å²) in [4.78, 5) is 0. The number of alkyl halides is 1. The molecule has 2 aromatic carbocycles. The van der Waals surface area contributed by atoms with Gasteiger partial charge in [0, 0.05) is 5.56 Å². The second kappa shape index (κ2) is 5.39. The summed E-state index contributed by atoms with van der Waals surface area (Å²) in [7, 11) is 0. The number of halogens is 3. The lowest BCUT2D eigenvalue weighted by Crippen LogP contribution is -1.91. The lowest BCUT2D eigenvalue weighted by Gasteiger charge is -2.10. The standard InChI is InChI=1S/C13H9Cl2FO/c14-8-9-7-10(16)5-6-12(9)17-13-4-2-1-3-11(13)15/h1-7H,8H2. The molecule has 0 aliphatic rings. The zero-order valence-electron chi connectivity index (χ0n) is 8.79. The third-order valence-electron chi connectivity index (χ3n) is 2.22. The van der Waals surface area contributed by atoms with E-state index in [2.05, 4.69) is 0 Å². The lowest BCUT2D eigenvalue weighted by atomic mass is 10.2. The van der Waals surface area contributed by atoms with Gasteiger partial charge in [-0.1, -0.05) is 23.7 Å². The maximum atomic E-state index is 13.0. The van der Waals surface area contributed by atoms with Crippen LogP contribution >= 0.6 is 23.2 Å². The van der Waals surface area contributed by atoms with Crippen LogP contribution in [0.15, 0.2) is 42.5 Å². The van der Waals surface area contributed by atoms with Crippen LogP contribution in [0.1, 0.15) is 5.56 Å². The Morgan fingerprint density at radius 2 is 1.82 bits per heavy atom. The van der Waals surface area contributed by atoms with E-state index in [9.17, 15) is 4.39 Å². The molecule has 0 saturated heterocycles. The summed E-state index contributed by atoms with van der Waals surface area (Å²) in [5, 5.41) is 0.498. The van der Waals surface area contributed by atoms with Gasteiger partial charge in [-0.25, -0.2) is 4.39 Å². The first-order valence-electron chi connectivity index (χ1n) is 4.97. The van der Waals surface area contributed by atoms with Gasteiger partial charge in [-0.3, -0.25) is 0 Å². The summed E-state index contributed by atoms with van der Waals surface area (Å²) in [5.41, 5.74) is 0.589. The van der Waals surface area contributed by atoms with Gasteiger partial charge >= 0.3 is 0 Å². The van der Waals surface area contributed by atoms with Crippen molar-refractivity contribution in [1.29, 1.82) is 0 Å². The van der Waals surface area contributed by atoms with Crippen LogP contribution < -0.4 is 4.74 Å². The third-order valence-corrected chi connectivity index (χ3v) is 2.82. The molecule has 0 aliphatic carbocycles. The molecule has 1 nitrogen and oxygen atoms in total. The van der Waals surface area contributed by atoms with Crippen LogP contribution in [0.2, 0.25) is 5.02 Å². The van der Waals surface area contributed by atoms with E-state index in [1.807, 2.05) is 12.1 Å². The maximum Gasteiger partial charge on any atom is 0.146 e. The minimum atomic E-state index is -0.341. The third kappa shape index (κ3) is 2.90. The predicted octanol–water partition coefficient (Wildman–Crippen LogP) is 5.01. The van der Waals surface area contributed by atoms with Gasteiger partial charge in [-0.15, -0.1) is 11.6 Å². The molecule has 0 bridgehead atoms. The Labute approximate surface area is 109 Å². The molecule has 0 N–H and O–H groups in total. The molecule has 0 aliphatic heterocycles. The Hall–Kier alpha value is -1.25. The first kappa shape index (κ1) is 12.2. The predicted molar refractivity (Wildman–Crippen MR) is 67.5 cm³/mol. The summed E-state index contributed by atoms with van der Waals surface area (Å²) in [6.07, 6.45) is 0. The molecule has 0 amide bonds. The highest BCUT2D eigenvalue weighted by Crippen LogP contribution is 2.31. The van der Waals surface area contributed by atoms with Crippen molar-refractivity contribution in [2.24, 2.45) is 0 Å². The number of benzene rings is 2. The fourth-order valence-electron chi connectivity index (χ4n) is 1.40. The summed E-state index contributed by atoms with van der Waals surface area (Å²) >= 11 is 11.7. The molecule has 2 rings (SSSR count). The Morgan fingerprint density at radius 1 is 1.06 bits per heavy atom. The van der Waals surface area contributed by atoms with Gasteiger partial charge in [-0.2, -0.15) is 0 Å². The summed E-state index contributed by atoms with van der Waals surface area (Å²) in [5.74, 6) is 0.867. The average molecular weight is 271 g/mol. The molecule has 88 valence electrons. The van der Waals surface area contributed by atoms with E-state index in [1.165, 1.54) is 18.2 Å². The molecular weight excluding hydrogens is 262 g/mol. The van der Waals surface area contributed by atoms with E-state index in [0.29, 0.717) is 22.1 Å². The average Bonchev–Trinajstić information content (AvgIpc) is 2.34. The Kier molecular flexibility index (Phi) is 3.87. The molecule has 0 aromatic heterocycles. The minimum absolute atomic E-state index is 0.178. The van der Waals surface area contributed by atoms with Crippen molar-refractivity contribution in [2.75, 3.05) is 0 Å². The topological polar surface area (TPSA) is 9.23 Å². The summed E-state index contributed by atoms with van der Waals surface area (Å²) in [6, 6.07) is 11.3. The summed E-state index contributed by atoms with van der Waals surface area (Å²) in [6.45, 7) is 0. The molecule has 0 spiro atoms. The number of para-hydroxylation sites is 1. The molecule has 0 radical (unpaired) electrons. The van der Waals surface area contributed by atoms with Crippen LogP contribution in [0.5, 0.6) is 11.5 Å². The van der Waals surface area contributed by atoms with Gasteiger partial charge < -0.3 is 4.74 Å². The van der Waals surface area contributed by atoms with Gasteiger partial charge in [0.1, 0.15) is 17.3 Å². The first-order valence-corrected chi connectivity index (χ1v) is 5.88. The van der Waals surface area contributed by atoms with Crippen LogP contribution in [-0.4, -0.2) is 0 Å². The van der Waals surface area contributed by atoms with Crippen LogP contribution in [0, 0.1) is 5.82 Å². The number of hydrogen-bond acceptors (Lipinski definition) is 1. The highest BCUT2D eigenvalue weighted by atomic mass is 35.5. The fourth-order valence-corrected chi connectivity index (χ4v) is 1.78. The quantitative estimate of drug-likeness (QED) is 0.713. The van der Waals surface area contributed by atoms with Gasteiger partial charge in [0.25, 0.3) is 0 Å². The zero-order valence-corrected chi connectivity index (χ0v) is 10.3. The van der Waals surface area contributed by atoms with Crippen LogP contribution in [0.25, 0.3) is 0 Å². The molecular formula is C13H9Cl2FO. The summed E-state index contributed by atoms with van der Waals surface area (Å²) < 4.78 is 18.6. The van der Waals surface area contributed by atoms with Crippen molar-refractivity contribution in [3.05, 3.63) is 58.9 Å². The molecule has 17 heavy (non-hydrogen) atoms. The molecule has 4 heteroatoms. The van der Waals surface area contributed by atoms with Crippen molar-refractivity contribution < 1.29 is 9.13 Å². The fraction of sp³-hybridized carbons (Fsp3) is 0.0769. The normalized spacial score (nSPS) is 10.3. The Balaban J connectivity index is 2.33. The number of hydrogen-bond donors (Lipinski definition) is 0. The maximum absolute atomic E-state index is 13.0. The van der Waals surface area contributed by atoms with Gasteiger partial charge in [0.2, 0.25) is 0 Å². The smallest absolute Gasteiger partial charge is 0.146 e. The Morgan fingerprint density at radius 3 is 2.53 bits per heavy atom. The van der Waals surface area contributed by atoms with Crippen LogP contribution in [0.3, 0.4) is 0 Å². The van der Waals surface area contributed by atoms with Gasteiger partial charge in [0.05, 0.1) is 10.9 Å². The molecule has 0 atom stereocenters. The van der Waals surface area contributed by atoms with Crippen molar-refractivity contribution in [3.8, 4) is 11.5 Å². The highest BCUT2D eigenvalue weighted by Gasteiger charge is 2.07. The monoisotopic (exact) mass is 270 g/mol. The second-order valence-corrected chi connectivity index (χ2v) is 4.09. The second-order valence-electron chi connectivity index (χ2n) is 3.42. The Bertz CT molecular complexity index is 529. The van der Waals surface area contributed by atoms with Crippen molar-refractivity contribution in [2.45, 2.75) is 5.88 Å². The van der Waals surface area contributed by atoms with E-state index < -0.39 is 0 Å². The van der Waals surface area contributed by atoms with E-state index in [0.717, 1.165) is 0 Å². The molecule has 0 unspecified atom stereocenters. The molecule has 0 saturated carbocycles. The molecule has 0 fully saturated rings. The number of ether oxygens (including phenoxy) is 1. The number of rotatable bonds is 3. The highest BCUT2D eigenvalue weighted by molar-refractivity contribution is 6.32. The van der Waals surface area contributed by atoms with E-state index in [1.54, 1.807) is 12.1 Å². The lowest BCUT2D eigenvalue weighted by molar-refractivity contribution is 0.476. The van der Waals surface area contributed by atoms with Crippen molar-refractivity contribution in [1.82, 2.24) is 0 Å². The zero-order chi connectivity index (χ0) is 12.3. The minimum Gasteiger partial charge on any atom is -0.455 e. The van der Waals surface area contributed by atoms with E-state index >= 15 is 0 Å². The van der Waals surface area contributed by atoms with Crippen molar-refractivity contribution in [3.63, 3.8) is 0 Å². The molecule has 0 heterocycles. The molecule has 2 aromatic rings. The first-order chi connectivity index (χ1) is 8.20. The van der Waals surface area contributed by atoms with Gasteiger partial charge in [0.15, 0.2) is 0 Å². The van der Waals surface area contributed by atoms with E-state index in [4.69, 9.17) is 27.9 Å². The van der Waals surface area contributed by atoms with Crippen LogP contribution in [0.4, 0.5) is 4.39 Å². The van der Waals surface area contributed by atoms with Gasteiger partial charge in [-0.05, 0) is 30.3 Å². The van der Waals surface area contributed by atoms with Crippen molar-refractivity contribution >= 4 is 23.2 Å². The largest absolute Gasteiger partial charge is 0.455 e. The SMILES string of the molecule is Fc1ccc(Oc2ccccc2Cl)c(CCl)c1. The van der Waals surface area contributed by atoms with Crippen LogP contribution in [-0.2, 0) is 5.88 Å². The van der Waals surface area contributed by atoms with E-state index in [-0.39, 0.29) is 11.7 Å².